The number of allylic oxidation sites excluding steroid dienone is 1. The summed E-state index contributed by atoms with van der Waals surface area (Å²) >= 11 is 0. The quantitative estimate of drug-likeness (QED) is 0.734. The van der Waals surface area contributed by atoms with Gasteiger partial charge in [-0.3, -0.25) is 0 Å². The van der Waals surface area contributed by atoms with Crippen LogP contribution < -0.4 is 15.4 Å². The Morgan fingerprint density at radius 2 is 2.14 bits per heavy atom. The van der Waals surface area contributed by atoms with Gasteiger partial charge in [-0.25, -0.2) is 9.59 Å². The van der Waals surface area contributed by atoms with Crippen LogP contribution in [0.1, 0.15) is 25.5 Å². The number of phenols is 1. The summed E-state index contributed by atoms with van der Waals surface area (Å²) < 4.78 is 10.1. The van der Waals surface area contributed by atoms with Gasteiger partial charge in [-0.05, 0) is 26.0 Å². The van der Waals surface area contributed by atoms with Crippen molar-refractivity contribution < 1.29 is 24.2 Å². The van der Waals surface area contributed by atoms with E-state index in [4.69, 9.17) is 9.47 Å². The average molecular weight is 306 g/mol. The fraction of sp³-hybridized carbons (Fsp3) is 0.333. The summed E-state index contributed by atoms with van der Waals surface area (Å²) in [5.41, 5.74) is 1.03. The number of phenolic OH excluding ortho intramolecular Hbond substituents is 1. The number of hydrogen-bond donors (Lipinski definition) is 3. The van der Waals surface area contributed by atoms with Crippen LogP contribution in [0.2, 0.25) is 0 Å². The molecule has 0 saturated heterocycles. The number of ether oxygens (including phenoxy) is 2. The molecule has 118 valence electrons. The van der Waals surface area contributed by atoms with Gasteiger partial charge in [-0.15, -0.1) is 0 Å². The molecule has 1 aromatic rings. The second kappa shape index (κ2) is 6.38. The van der Waals surface area contributed by atoms with E-state index in [-0.39, 0.29) is 17.9 Å². The largest absolute Gasteiger partial charge is 0.507 e. The predicted octanol–water partition coefficient (Wildman–Crippen LogP) is 1.59. The first kappa shape index (κ1) is 15.7. The number of nitrogens with one attached hydrogen (secondary N) is 2. The van der Waals surface area contributed by atoms with Gasteiger partial charge in [0.15, 0.2) is 0 Å². The zero-order valence-corrected chi connectivity index (χ0v) is 12.6. The molecule has 3 N–H and O–H groups in total. The van der Waals surface area contributed by atoms with Gasteiger partial charge in [-0.2, -0.15) is 0 Å². The van der Waals surface area contributed by atoms with E-state index in [9.17, 15) is 14.7 Å². The number of methoxy groups -OCH3 is 1. The number of amides is 2. The zero-order chi connectivity index (χ0) is 16.3. The summed E-state index contributed by atoms with van der Waals surface area (Å²) in [7, 11) is 1.48. The van der Waals surface area contributed by atoms with E-state index in [2.05, 4.69) is 10.6 Å². The van der Waals surface area contributed by atoms with Crippen LogP contribution in [0.3, 0.4) is 0 Å². The fourth-order valence-corrected chi connectivity index (χ4v) is 2.30. The highest BCUT2D eigenvalue weighted by molar-refractivity contribution is 5.95. The van der Waals surface area contributed by atoms with Crippen LogP contribution >= 0.6 is 0 Å². The summed E-state index contributed by atoms with van der Waals surface area (Å²) in [6.07, 6.45) is 0. The van der Waals surface area contributed by atoms with E-state index in [0.717, 1.165) is 0 Å². The van der Waals surface area contributed by atoms with Crippen molar-refractivity contribution >= 4 is 12.0 Å². The topological polar surface area (TPSA) is 96.9 Å². The lowest BCUT2D eigenvalue weighted by Crippen LogP contribution is -2.45. The second-order valence-corrected chi connectivity index (χ2v) is 4.72. The highest BCUT2D eigenvalue weighted by atomic mass is 16.5. The smallest absolute Gasteiger partial charge is 0.338 e. The van der Waals surface area contributed by atoms with Crippen molar-refractivity contribution in [3.8, 4) is 11.5 Å². The lowest BCUT2D eigenvalue weighted by molar-refractivity contribution is -0.139. The lowest BCUT2D eigenvalue weighted by Gasteiger charge is -2.28. The number of esters is 1. The summed E-state index contributed by atoms with van der Waals surface area (Å²) in [5.74, 6) is -0.159. The molecule has 0 aliphatic carbocycles. The van der Waals surface area contributed by atoms with Gasteiger partial charge >= 0.3 is 12.0 Å². The van der Waals surface area contributed by atoms with Gasteiger partial charge in [0.2, 0.25) is 0 Å². The van der Waals surface area contributed by atoms with Gasteiger partial charge in [0.25, 0.3) is 0 Å². The summed E-state index contributed by atoms with van der Waals surface area (Å²) in [6.45, 7) is 3.52. The van der Waals surface area contributed by atoms with E-state index in [0.29, 0.717) is 17.0 Å². The highest BCUT2D eigenvalue weighted by Crippen LogP contribution is 2.34. The molecular weight excluding hydrogens is 288 g/mol. The lowest BCUT2D eigenvalue weighted by atomic mass is 9.94. The van der Waals surface area contributed by atoms with Gasteiger partial charge < -0.3 is 25.2 Å². The molecule has 0 aromatic heterocycles. The number of hydrogen-bond acceptors (Lipinski definition) is 5. The van der Waals surface area contributed by atoms with Crippen LogP contribution in [-0.2, 0) is 9.53 Å². The van der Waals surface area contributed by atoms with Crippen LogP contribution in [0.4, 0.5) is 4.79 Å². The third kappa shape index (κ3) is 2.98. The average Bonchev–Trinajstić information content (AvgIpc) is 2.46. The first-order chi connectivity index (χ1) is 10.5. The summed E-state index contributed by atoms with van der Waals surface area (Å²) in [4.78, 5) is 23.9. The summed E-state index contributed by atoms with van der Waals surface area (Å²) in [5, 5.41) is 15.3. The van der Waals surface area contributed by atoms with Crippen molar-refractivity contribution in [2.75, 3.05) is 13.7 Å². The number of aromatic hydroxyl groups is 1. The second-order valence-electron chi connectivity index (χ2n) is 4.72. The molecule has 1 heterocycles. The fourth-order valence-electron chi connectivity index (χ4n) is 2.30. The van der Waals surface area contributed by atoms with E-state index in [1.807, 2.05) is 0 Å². The molecule has 0 spiro atoms. The zero-order valence-electron chi connectivity index (χ0n) is 12.6. The molecule has 0 radical (unpaired) electrons. The Bertz CT molecular complexity index is 639. The molecule has 22 heavy (non-hydrogen) atoms. The Labute approximate surface area is 127 Å². The van der Waals surface area contributed by atoms with Crippen LogP contribution in [0.5, 0.6) is 11.5 Å². The Hall–Kier alpha value is -2.70. The van der Waals surface area contributed by atoms with E-state index >= 15 is 0 Å². The van der Waals surface area contributed by atoms with Crippen molar-refractivity contribution in [1.82, 2.24) is 10.6 Å². The molecule has 2 amide bonds. The molecule has 1 aromatic carbocycles. The van der Waals surface area contributed by atoms with Crippen molar-refractivity contribution in [3.63, 3.8) is 0 Å². The minimum Gasteiger partial charge on any atom is -0.507 e. The van der Waals surface area contributed by atoms with Gasteiger partial charge in [-0.1, -0.05) is 0 Å². The van der Waals surface area contributed by atoms with E-state index in [1.165, 1.54) is 13.2 Å². The maximum absolute atomic E-state index is 12.2. The Kier molecular flexibility index (Phi) is 4.55. The van der Waals surface area contributed by atoms with Crippen LogP contribution in [0, 0.1) is 0 Å². The maximum atomic E-state index is 12.2. The number of rotatable bonds is 4. The molecule has 7 nitrogen and oxygen atoms in total. The first-order valence-corrected chi connectivity index (χ1v) is 6.80. The van der Waals surface area contributed by atoms with Crippen molar-refractivity contribution in [2.24, 2.45) is 0 Å². The first-order valence-electron chi connectivity index (χ1n) is 6.80. The molecule has 2 rings (SSSR count). The third-order valence-corrected chi connectivity index (χ3v) is 3.31. The number of carbonyl (C=O) groups excluding carboxylic acids is 2. The van der Waals surface area contributed by atoms with Crippen molar-refractivity contribution in [1.29, 1.82) is 0 Å². The molecule has 1 aliphatic rings. The SMILES string of the molecule is CCOC(=O)C1=C(C)NC(=O)NC1c1ccc(OC)cc1O. The van der Waals surface area contributed by atoms with Gasteiger partial charge in [0.05, 0.1) is 25.3 Å². The van der Waals surface area contributed by atoms with E-state index in [1.54, 1.807) is 26.0 Å². The number of benzene rings is 1. The van der Waals surface area contributed by atoms with E-state index < -0.39 is 18.0 Å². The molecule has 1 atom stereocenters. The van der Waals surface area contributed by atoms with Crippen molar-refractivity contribution in [2.45, 2.75) is 19.9 Å². The van der Waals surface area contributed by atoms with Crippen molar-refractivity contribution in [3.05, 3.63) is 35.0 Å². The number of carbonyl (C=O) groups is 2. The maximum Gasteiger partial charge on any atom is 0.338 e. The monoisotopic (exact) mass is 306 g/mol. The predicted molar refractivity (Wildman–Crippen MR) is 78.4 cm³/mol. The Balaban J connectivity index is 2.48. The van der Waals surface area contributed by atoms with Crippen LogP contribution in [-0.4, -0.2) is 30.8 Å². The van der Waals surface area contributed by atoms with Gasteiger partial charge in [0.1, 0.15) is 11.5 Å². The molecule has 1 unspecified atom stereocenters. The van der Waals surface area contributed by atoms with Crippen LogP contribution in [0.15, 0.2) is 29.5 Å². The molecule has 7 heteroatoms. The van der Waals surface area contributed by atoms with Gasteiger partial charge in [0, 0.05) is 17.3 Å². The molecule has 0 saturated carbocycles. The number of urea groups is 1. The highest BCUT2D eigenvalue weighted by Gasteiger charge is 2.33. The summed E-state index contributed by atoms with van der Waals surface area (Å²) in [6, 6.07) is 3.41. The normalized spacial score (nSPS) is 17.6. The molecule has 0 fully saturated rings. The third-order valence-electron chi connectivity index (χ3n) is 3.31. The molecule has 1 aliphatic heterocycles. The standard InChI is InChI=1S/C15H18N2O5/c1-4-22-14(19)12-8(2)16-15(20)17-13(12)10-6-5-9(21-3)7-11(10)18/h5-7,13,18H,4H2,1-3H3,(H2,16,17,20). The molecule has 0 bridgehead atoms. The molecular formula is C15H18N2O5. The van der Waals surface area contributed by atoms with Crippen LogP contribution in [0.25, 0.3) is 0 Å². The Morgan fingerprint density at radius 1 is 1.41 bits per heavy atom. The minimum absolute atomic E-state index is 0.0823. The Morgan fingerprint density at radius 3 is 2.73 bits per heavy atom. The minimum atomic E-state index is -0.793.